The molecule has 3 heterocycles. The van der Waals surface area contributed by atoms with E-state index >= 15 is 0 Å². The average molecular weight is 432 g/mol. The van der Waals surface area contributed by atoms with Crippen LogP contribution in [-0.2, 0) is 15.6 Å². The first kappa shape index (κ1) is 23.0. The molecule has 172 valence electrons. The van der Waals surface area contributed by atoms with E-state index in [1.54, 1.807) is 0 Å². The minimum Gasteiger partial charge on any atom is -0.461 e. The summed E-state index contributed by atoms with van der Waals surface area (Å²) in [6.07, 6.45) is 11.2. The molecule has 0 fully saturated rings. The monoisotopic (exact) mass is 431 g/mol. The predicted octanol–water partition coefficient (Wildman–Crippen LogP) is 8.05. The molecule has 32 heavy (non-hydrogen) atoms. The third kappa shape index (κ3) is 4.21. The maximum Gasteiger partial charge on any atom is 0.127 e. The van der Waals surface area contributed by atoms with Gasteiger partial charge in [-0.05, 0) is 90.1 Å². The van der Waals surface area contributed by atoms with Crippen molar-refractivity contribution in [3.8, 4) is 0 Å². The van der Waals surface area contributed by atoms with Crippen molar-refractivity contribution in [2.45, 2.75) is 86.0 Å². The lowest BCUT2D eigenvalue weighted by Gasteiger charge is -2.48. The number of anilines is 1. The second-order valence-electron chi connectivity index (χ2n) is 12.4. The zero-order valence-corrected chi connectivity index (χ0v) is 21.6. The van der Waals surface area contributed by atoms with Gasteiger partial charge in [0, 0.05) is 24.2 Å². The summed E-state index contributed by atoms with van der Waals surface area (Å²) in [5, 5.41) is 0. The number of hydrogen-bond donors (Lipinski definition) is 0. The number of benzene rings is 1. The van der Waals surface area contributed by atoms with Gasteiger partial charge in [-0.15, -0.1) is 0 Å². The summed E-state index contributed by atoms with van der Waals surface area (Å²) in [6, 6.07) is 4.85. The van der Waals surface area contributed by atoms with E-state index in [1.165, 1.54) is 59.5 Å². The molecule has 0 aromatic heterocycles. The van der Waals surface area contributed by atoms with Crippen LogP contribution in [0.15, 0.2) is 53.0 Å². The second kappa shape index (κ2) is 7.68. The van der Waals surface area contributed by atoms with Crippen LogP contribution in [0, 0.1) is 5.41 Å². The molecular formula is C30H41NO. The molecule has 0 saturated heterocycles. The van der Waals surface area contributed by atoms with Crippen molar-refractivity contribution < 1.29 is 4.74 Å². The van der Waals surface area contributed by atoms with Gasteiger partial charge in [0.2, 0.25) is 0 Å². The topological polar surface area (TPSA) is 12.5 Å². The van der Waals surface area contributed by atoms with E-state index in [1.807, 2.05) is 0 Å². The lowest BCUT2D eigenvalue weighted by molar-refractivity contribution is 0.223. The minimum absolute atomic E-state index is 0.0262. The van der Waals surface area contributed by atoms with Crippen LogP contribution in [0.3, 0.4) is 0 Å². The molecule has 0 aliphatic carbocycles. The molecule has 0 amide bonds. The van der Waals surface area contributed by atoms with Crippen LogP contribution >= 0.6 is 0 Å². The van der Waals surface area contributed by atoms with Crippen LogP contribution in [-0.4, -0.2) is 13.1 Å². The van der Waals surface area contributed by atoms with E-state index in [0.717, 1.165) is 11.5 Å². The van der Waals surface area contributed by atoms with Gasteiger partial charge >= 0.3 is 0 Å². The smallest absolute Gasteiger partial charge is 0.127 e. The van der Waals surface area contributed by atoms with Crippen molar-refractivity contribution >= 4 is 11.8 Å². The van der Waals surface area contributed by atoms with Crippen molar-refractivity contribution in [1.82, 2.24) is 0 Å². The fourth-order valence-corrected chi connectivity index (χ4v) is 5.00. The number of rotatable bonds is 2. The van der Waals surface area contributed by atoms with Gasteiger partial charge < -0.3 is 9.64 Å². The molecule has 3 aliphatic rings. The highest BCUT2D eigenvalue weighted by Gasteiger charge is 2.39. The first-order valence-electron chi connectivity index (χ1n) is 12.2. The third-order valence-electron chi connectivity index (χ3n) is 7.49. The summed E-state index contributed by atoms with van der Waals surface area (Å²) in [5.41, 5.74) is 8.74. The van der Waals surface area contributed by atoms with Crippen LogP contribution in [0.5, 0.6) is 0 Å². The van der Waals surface area contributed by atoms with Crippen LogP contribution in [0.4, 0.5) is 5.69 Å². The standard InChI is InChI=1S/C30H41NO/c1-20(2)22-18-23(32-26(19-22)28(3,4)5)11-10-21-16-24-27-25(17-21)30(8,9)13-15-31(27)14-12-29(24,6)7/h10-11,16-19H,12-15H2,1-9H3/b11-10+. The largest absolute Gasteiger partial charge is 0.461 e. The van der Waals surface area contributed by atoms with E-state index in [0.29, 0.717) is 0 Å². The Morgan fingerprint density at radius 3 is 1.97 bits per heavy atom. The minimum atomic E-state index is -0.0262. The number of hydrogen-bond acceptors (Lipinski definition) is 2. The highest BCUT2D eigenvalue weighted by molar-refractivity contribution is 5.72. The summed E-state index contributed by atoms with van der Waals surface area (Å²) >= 11 is 0. The lowest BCUT2D eigenvalue weighted by atomic mass is 9.69. The van der Waals surface area contributed by atoms with Crippen LogP contribution in [0.25, 0.3) is 6.08 Å². The lowest BCUT2D eigenvalue weighted by Crippen LogP contribution is -2.44. The molecule has 2 nitrogen and oxygen atoms in total. The molecule has 0 N–H and O–H groups in total. The highest BCUT2D eigenvalue weighted by atomic mass is 16.5. The molecule has 3 aliphatic heterocycles. The SMILES string of the molecule is CC(C)=C1C=C(/C=C/c2cc3c4c(c2)C(C)(C)CCN4CCC3(C)C)OC(C(C)(C)C)=C1. The van der Waals surface area contributed by atoms with Gasteiger partial charge in [-0.25, -0.2) is 0 Å². The molecule has 0 atom stereocenters. The number of nitrogens with zero attached hydrogens (tertiary/aromatic N) is 1. The Balaban J connectivity index is 1.75. The normalized spacial score (nSPS) is 21.7. The van der Waals surface area contributed by atoms with E-state index in [2.05, 4.69) is 104 Å². The number of ether oxygens (including phenoxy) is 1. The van der Waals surface area contributed by atoms with Crippen molar-refractivity contribution in [1.29, 1.82) is 0 Å². The molecule has 0 spiro atoms. The predicted molar refractivity (Wildman–Crippen MR) is 138 cm³/mol. The molecular weight excluding hydrogens is 390 g/mol. The Hall–Kier alpha value is -2.22. The van der Waals surface area contributed by atoms with E-state index in [9.17, 15) is 0 Å². The van der Waals surface area contributed by atoms with Crippen molar-refractivity contribution in [3.63, 3.8) is 0 Å². The van der Waals surface area contributed by atoms with Gasteiger partial charge in [-0.1, -0.05) is 60.1 Å². The van der Waals surface area contributed by atoms with Crippen LogP contribution in [0.2, 0.25) is 0 Å². The van der Waals surface area contributed by atoms with Gasteiger partial charge in [0.05, 0.1) is 0 Å². The Morgan fingerprint density at radius 1 is 0.906 bits per heavy atom. The Kier molecular flexibility index (Phi) is 5.51. The molecule has 4 rings (SSSR count). The molecule has 0 unspecified atom stereocenters. The van der Waals surface area contributed by atoms with Crippen molar-refractivity contribution in [2.75, 3.05) is 18.0 Å². The van der Waals surface area contributed by atoms with Crippen LogP contribution in [0.1, 0.15) is 91.8 Å². The van der Waals surface area contributed by atoms with E-state index in [-0.39, 0.29) is 16.2 Å². The van der Waals surface area contributed by atoms with Crippen molar-refractivity contribution in [3.05, 3.63) is 69.7 Å². The van der Waals surface area contributed by atoms with E-state index < -0.39 is 0 Å². The zero-order chi connectivity index (χ0) is 23.5. The molecule has 1 aromatic carbocycles. The molecule has 1 aromatic rings. The molecule has 0 bridgehead atoms. The third-order valence-corrected chi connectivity index (χ3v) is 7.49. The van der Waals surface area contributed by atoms with Gasteiger partial charge in [-0.2, -0.15) is 0 Å². The Morgan fingerprint density at radius 2 is 1.47 bits per heavy atom. The molecule has 0 radical (unpaired) electrons. The summed E-state index contributed by atoms with van der Waals surface area (Å²) in [7, 11) is 0. The number of allylic oxidation sites excluding steroid dienone is 6. The maximum absolute atomic E-state index is 6.33. The van der Waals surface area contributed by atoms with Gasteiger partial charge in [-0.3, -0.25) is 0 Å². The Bertz CT molecular complexity index is 1010. The first-order chi connectivity index (χ1) is 14.8. The van der Waals surface area contributed by atoms with Gasteiger partial charge in [0.1, 0.15) is 11.5 Å². The fraction of sp³-hybridized carbons (Fsp3) is 0.533. The van der Waals surface area contributed by atoms with Crippen LogP contribution < -0.4 is 4.90 Å². The van der Waals surface area contributed by atoms with Gasteiger partial charge in [0.25, 0.3) is 0 Å². The maximum atomic E-state index is 6.33. The second-order valence-corrected chi connectivity index (χ2v) is 12.4. The molecule has 2 heteroatoms. The van der Waals surface area contributed by atoms with Crippen molar-refractivity contribution in [2.24, 2.45) is 5.41 Å². The quantitative estimate of drug-likeness (QED) is 0.469. The Labute approximate surface area is 195 Å². The fourth-order valence-electron chi connectivity index (χ4n) is 5.00. The zero-order valence-electron chi connectivity index (χ0n) is 21.6. The summed E-state index contributed by atoms with van der Waals surface area (Å²) < 4.78 is 6.33. The highest BCUT2D eigenvalue weighted by Crippen LogP contribution is 2.49. The van der Waals surface area contributed by atoms with Gasteiger partial charge in [0.15, 0.2) is 0 Å². The van der Waals surface area contributed by atoms with E-state index in [4.69, 9.17) is 4.74 Å². The summed E-state index contributed by atoms with van der Waals surface area (Å²) in [5.74, 6) is 1.94. The summed E-state index contributed by atoms with van der Waals surface area (Å²) in [4.78, 5) is 2.63. The first-order valence-corrected chi connectivity index (χ1v) is 12.2. The average Bonchev–Trinajstić information content (AvgIpc) is 2.70. The summed E-state index contributed by atoms with van der Waals surface area (Å²) in [6.45, 7) is 22.9. The molecule has 0 saturated carbocycles.